The number of thiazole rings is 1. The number of carbonyl (C=O) groups is 7. The molecule has 0 saturated carbocycles. The van der Waals surface area contributed by atoms with Crippen LogP contribution in [0.4, 0.5) is 0 Å². The molecule has 6 atom stereocenters. The van der Waals surface area contributed by atoms with Crippen LogP contribution in [0.5, 0.6) is 0 Å². The Bertz CT molecular complexity index is 1880. The van der Waals surface area contributed by atoms with E-state index in [2.05, 4.69) is 22.5 Å². The fourth-order valence-electron chi connectivity index (χ4n) is 7.37. The van der Waals surface area contributed by atoms with Gasteiger partial charge in [0.2, 0.25) is 17.7 Å². The molecule has 0 saturated heterocycles. The topological polar surface area (TPSA) is 210 Å². The Labute approximate surface area is 369 Å². The molecule has 0 spiro atoms. The number of imide groups is 1. The monoisotopic (exact) mass is 880 g/mol. The number of benzene rings is 1. The van der Waals surface area contributed by atoms with E-state index in [9.17, 15) is 33.6 Å². The molecule has 3 rings (SSSR count). The molecule has 1 aliphatic heterocycles. The lowest BCUT2D eigenvalue weighted by Gasteiger charge is -2.38. The minimum atomic E-state index is -0.933. The van der Waals surface area contributed by atoms with Gasteiger partial charge in [0.1, 0.15) is 22.8 Å². The van der Waals surface area contributed by atoms with Crippen molar-refractivity contribution in [2.45, 2.75) is 131 Å². The lowest BCUT2D eigenvalue weighted by Crippen LogP contribution is -2.59. The molecule has 0 unspecified atom stereocenters. The zero-order chi connectivity index (χ0) is 46.7. The first-order valence-electron chi connectivity index (χ1n) is 21.1. The molecule has 1 aliphatic rings. The van der Waals surface area contributed by atoms with E-state index in [1.54, 1.807) is 24.4 Å². The predicted octanol–water partition coefficient (Wildman–Crippen LogP) is 4.90. The minimum absolute atomic E-state index is 0.0129. The molecular weight excluding hydrogens is 817 g/mol. The lowest BCUT2D eigenvalue weighted by atomic mass is 9.92. The van der Waals surface area contributed by atoms with Crippen LogP contribution >= 0.6 is 11.3 Å². The van der Waals surface area contributed by atoms with E-state index >= 15 is 0 Å². The van der Waals surface area contributed by atoms with E-state index in [-0.39, 0.29) is 79.2 Å². The smallest absolute Gasteiger partial charge is 0.373 e. The van der Waals surface area contributed by atoms with Gasteiger partial charge < -0.3 is 25.2 Å². The maximum Gasteiger partial charge on any atom is 0.373 e. The Morgan fingerprint density at radius 3 is 2.05 bits per heavy atom. The molecular formula is C45H64N6O10S. The molecule has 0 aliphatic carbocycles. The number of hydrogen-bond acceptors (Lipinski definition) is 12. The maximum absolute atomic E-state index is 14.5. The van der Waals surface area contributed by atoms with Gasteiger partial charge in [0.15, 0.2) is 6.10 Å². The number of nitrogens with zero attached hydrogens (tertiary/aromatic N) is 4. The van der Waals surface area contributed by atoms with Crippen molar-refractivity contribution in [2.75, 3.05) is 20.6 Å². The van der Waals surface area contributed by atoms with Crippen LogP contribution in [-0.2, 0) is 49.5 Å². The van der Waals surface area contributed by atoms with Crippen LogP contribution in [0.1, 0.15) is 121 Å². The molecule has 0 radical (unpaired) electrons. The van der Waals surface area contributed by atoms with E-state index in [0.717, 1.165) is 23.3 Å². The number of rotatable bonds is 23. The summed E-state index contributed by atoms with van der Waals surface area (Å²) in [6.07, 6.45) is 5.17. The van der Waals surface area contributed by atoms with Crippen molar-refractivity contribution in [3.63, 3.8) is 0 Å². The summed E-state index contributed by atoms with van der Waals surface area (Å²) in [5.74, 6) is -3.53. The Hall–Kier alpha value is -5.54. The fourth-order valence-corrected chi connectivity index (χ4v) is 8.21. The van der Waals surface area contributed by atoms with Gasteiger partial charge in [-0.1, -0.05) is 91.6 Å². The predicted molar refractivity (Wildman–Crippen MR) is 232 cm³/mol. The molecule has 0 bridgehead atoms. The van der Waals surface area contributed by atoms with Gasteiger partial charge in [-0.2, -0.15) is 9.59 Å². The number of amides is 6. The molecule has 0 fully saturated rings. The van der Waals surface area contributed by atoms with E-state index in [4.69, 9.17) is 14.3 Å². The summed E-state index contributed by atoms with van der Waals surface area (Å²) in [5, 5.41) is 8.18. The minimum Gasteiger partial charge on any atom is -0.455 e. The quantitative estimate of drug-likeness (QED) is 0.113. The lowest BCUT2D eigenvalue weighted by molar-refractivity contribution is -0.192. The number of likely N-dealkylation sites (N-methyl/N-ethyl adjacent to an activating group) is 2. The number of esters is 1. The number of hydrogen-bond donors (Lipinski definition) is 2. The van der Waals surface area contributed by atoms with Gasteiger partial charge in [0.05, 0.1) is 0 Å². The van der Waals surface area contributed by atoms with E-state index < -0.39 is 47.9 Å². The Morgan fingerprint density at radius 1 is 0.903 bits per heavy atom. The third-order valence-corrected chi connectivity index (χ3v) is 11.8. The van der Waals surface area contributed by atoms with E-state index in [1.807, 2.05) is 71.9 Å². The van der Waals surface area contributed by atoms with Crippen LogP contribution in [-0.4, -0.2) is 112 Å². The van der Waals surface area contributed by atoms with Crippen molar-refractivity contribution in [1.29, 1.82) is 0 Å². The first-order chi connectivity index (χ1) is 29.3. The number of nitrogens with one attached hydrogen (secondary N) is 2. The van der Waals surface area contributed by atoms with Gasteiger partial charge in [-0.05, 0) is 42.6 Å². The molecule has 62 heavy (non-hydrogen) atoms. The number of carbonyl (C=O) groups excluding carboxylic acids is 9. The highest BCUT2D eigenvalue weighted by molar-refractivity contribution is 7.09. The summed E-state index contributed by atoms with van der Waals surface area (Å²) >= 11 is 1.21. The molecule has 16 nitrogen and oxygen atoms in total. The van der Waals surface area contributed by atoms with Gasteiger partial charge in [0, 0.05) is 70.0 Å². The number of aromatic nitrogens is 1. The van der Waals surface area contributed by atoms with Crippen molar-refractivity contribution in [1.82, 2.24) is 30.3 Å². The zero-order valence-corrected chi connectivity index (χ0v) is 38.5. The fraction of sp³-hybridized carbons (Fsp3) is 0.578. The van der Waals surface area contributed by atoms with Gasteiger partial charge in [-0.3, -0.25) is 38.5 Å². The molecule has 340 valence electrons. The van der Waals surface area contributed by atoms with Crippen molar-refractivity contribution < 1.29 is 47.9 Å². The largest absolute Gasteiger partial charge is 0.455 e. The summed E-state index contributed by atoms with van der Waals surface area (Å²) in [4.78, 5) is 116. The Morgan fingerprint density at radius 2 is 1.52 bits per heavy atom. The summed E-state index contributed by atoms with van der Waals surface area (Å²) in [5.41, 5.74) is 1.34. The van der Waals surface area contributed by atoms with Crippen molar-refractivity contribution in [3.8, 4) is 0 Å². The van der Waals surface area contributed by atoms with Crippen LogP contribution < -0.4 is 10.6 Å². The molecule has 6 amide bonds. The average molecular weight is 881 g/mol. The molecule has 1 aromatic heterocycles. The van der Waals surface area contributed by atoms with Crippen LogP contribution in [0.25, 0.3) is 0 Å². The maximum atomic E-state index is 14.5. The van der Waals surface area contributed by atoms with Crippen molar-refractivity contribution in [2.24, 2.45) is 17.8 Å². The van der Waals surface area contributed by atoms with Gasteiger partial charge >= 0.3 is 12.1 Å². The second kappa shape index (κ2) is 26.1. The third kappa shape index (κ3) is 15.7. The highest BCUT2D eigenvalue weighted by Gasteiger charge is 2.38. The first-order valence-corrected chi connectivity index (χ1v) is 22.0. The summed E-state index contributed by atoms with van der Waals surface area (Å²) in [7, 11) is 3.21. The third-order valence-electron chi connectivity index (χ3n) is 10.9. The van der Waals surface area contributed by atoms with Crippen LogP contribution in [0.15, 0.2) is 47.9 Å². The normalized spacial score (nSPS) is 15.1. The van der Waals surface area contributed by atoms with E-state index in [1.165, 1.54) is 35.3 Å². The van der Waals surface area contributed by atoms with Crippen LogP contribution in [0.2, 0.25) is 0 Å². The molecule has 2 N–H and O–H groups in total. The first kappa shape index (κ1) is 52.6. The second-order valence-electron chi connectivity index (χ2n) is 16.2. The van der Waals surface area contributed by atoms with Crippen LogP contribution in [0.3, 0.4) is 0 Å². The van der Waals surface area contributed by atoms with Crippen molar-refractivity contribution >= 4 is 58.9 Å². The highest BCUT2D eigenvalue weighted by atomic mass is 32.1. The standard InChI is InChI=1S/C44H64N6O8S.CO2/c1-11-17-32(24-31-18-14-13-15-19-31)45-41(55)33-26-59-43(46-33)35(58-30(8)51)25-34(27(3)4)48(9)44(57)39(29(7)12-2)47-42(56)40(28(5)6)49(10)36(52)20-16-23-50-37(53)21-22-38(50)54;2-1-3/h13-15,18-19,21-22,26-29,32,34-35,39-40H,11-12,16-17,20,23-25H2,1-10H3,(H,45,55)(H,47,56);/t29-,32+,34+,35+,39-,40-;/m0./s1. The van der Waals surface area contributed by atoms with Crippen molar-refractivity contribution in [3.05, 3.63) is 64.1 Å². The molecule has 17 heteroatoms. The van der Waals surface area contributed by atoms with Gasteiger partial charge in [-0.15, -0.1) is 11.3 Å². The SMILES string of the molecule is CCC[C@H](Cc1ccccc1)NC(=O)c1csc([C@@H](C[C@H](C(C)C)N(C)C(=O)[C@@H](NC(=O)[C@H](C(C)C)N(C)C(=O)CCCN2C(=O)C=CC2=O)[C@@H](C)CC)OC(C)=O)n1.O=C=O. The van der Waals surface area contributed by atoms with Crippen LogP contribution in [0, 0.1) is 17.8 Å². The average Bonchev–Trinajstić information content (AvgIpc) is 3.84. The molecule has 1 aromatic carbocycles. The zero-order valence-electron chi connectivity index (χ0n) is 37.7. The number of ether oxygens (including phenoxy) is 1. The summed E-state index contributed by atoms with van der Waals surface area (Å²) in [6, 6.07) is 7.58. The Kier molecular flexibility index (Phi) is 22.1. The van der Waals surface area contributed by atoms with Gasteiger partial charge in [-0.25, -0.2) is 4.98 Å². The summed E-state index contributed by atoms with van der Waals surface area (Å²) in [6.45, 7) is 14.8. The van der Waals surface area contributed by atoms with E-state index in [0.29, 0.717) is 17.8 Å². The highest BCUT2D eigenvalue weighted by Crippen LogP contribution is 2.31. The Balaban J connectivity index is 0.00000428. The molecule has 2 heterocycles. The van der Waals surface area contributed by atoms with Gasteiger partial charge in [0.25, 0.3) is 17.7 Å². The second-order valence-corrected chi connectivity index (χ2v) is 17.1. The molecule has 2 aromatic rings. The summed E-state index contributed by atoms with van der Waals surface area (Å²) < 4.78 is 5.80.